The second-order valence-corrected chi connectivity index (χ2v) is 6.64. The van der Waals surface area contributed by atoms with Crippen molar-refractivity contribution in [2.45, 2.75) is 0 Å². The average Bonchev–Trinajstić information content (AvgIpc) is 3.20. The number of carbonyl (C=O) groups excluding carboxylic acids is 2. The summed E-state index contributed by atoms with van der Waals surface area (Å²) in [6.07, 6.45) is 1.41. The third kappa shape index (κ3) is 4.68. The van der Waals surface area contributed by atoms with Crippen LogP contribution in [0.4, 0.5) is 0 Å². The van der Waals surface area contributed by atoms with Crippen molar-refractivity contribution in [3.8, 4) is 11.1 Å². The van der Waals surface area contributed by atoms with E-state index in [0.29, 0.717) is 29.4 Å². The van der Waals surface area contributed by atoms with Crippen LogP contribution in [0.25, 0.3) is 11.1 Å². The molecule has 1 aromatic carbocycles. The number of aromatic nitrogens is 1. The lowest BCUT2D eigenvalue weighted by Crippen LogP contribution is -2.34. The summed E-state index contributed by atoms with van der Waals surface area (Å²) in [6.45, 7) is 0.645. The third-order valence-corrected chi connectivity index (χ3v) is 4.57. The van der Waals surface area contributed by atoms with Gasteiger partial charge in [-0.05, 0) is 52.2 Å². The minimum absolute atomic E-state index is 0.176. The van der Waals surface area contributed by atoms with Gasteiger partial charge >= 0.3 is 0 Å². The zero-order valence-corrected chi connectivity index (χ0v) is 15.3. The lowest BCUT2D eigenvalue weighted by molar-refractivity contribution is 0.0927. The van der Waals surface area contributed by atoms with Crippen molar-refractivity contribution in [2.75, 3.05) is 13.1 Å². The fourth-order valence-corrected chi connectivity index (χ4v) is 3.11. The Morgan fingerprint density at radius 2 is 1.73 bits per heavy atom. The molecule has 26 heavy (non-hydrogen) atoms. The normalized spacial score (nSPS) is 10.3. The van der Waals surface area contributed by atoms with Crippen LogP contribution in [0, 0.1) is 0 Å². The number of hydrogen-bond donors (Lipinski definition) is 2. The molecule has 132 valence electrons. The van der Waals surface area contributed by atoms with Crippen LogP contribution in [0.15, 0.2) is 59.4 Å². The van der Waals surface area contributed by atoms with E-state index in [2.05, 4.69) is 15.6 Å². The molecule has 0 unspecified atom stereocenters. The van der Waals surface area contributed by atoms with Gasteiger partial charge in [-0.2, -0.15) is 11.3 Å². The number of rotatable bonds is 6. The quantitative estimate of drug-likeness (QED) is 0.503. The van der Waals surface area contributed by atoms with Gasteiger partial charge in [0, 0.05) is 24.8 Å². The molecule has 5 nitrogen and oxygen atoms in total. The Morgan fingerprint density at radius 3 is 2.38 bits per heavy atom. The van der Waals surface area contributed by atoms with Crippen LogP contribution in [-0.2, 0) is 0 Å². The smallest absolute Gasteiger partial charge is 0.252 e. The van der Waals surface area contributed by atoms with Gasteiger partial charge in [0.15, 0.2) is 0 Å². The van der Waals surface area contributed by atoms with Gasteiger partial charge in [0.1, 0.15) is 5.15 Å². The van der Waals surface area contributed by atoms with Crippen molar-refractivity contribution in [2.24, 2.45) is 0 Å². The van der Waals surface area contributed by atoms with E-state index in [1.807, 2.05) is 35.0 Å². The molecule has 2 N–H and O–H groups in total. The molecule has 2 heterocycles. The number of halogens is 1. The van der Waals surface area contributed by atoms with E-state index in [4.69, 9.17) is 11.6 Å². The van der Waals surface area contributed by atoms with E-state index < -0.39 is 0 Å². The molecule has 2 aromatic heterocycles. The standard InChI is InChI=1S/C19H16ClN3O2S/c20-17-5-4-15(11-23-17)19(25)22-8-7-21-18(24)14-3-1-2-13(10-14)16-6-9-26-12-16/h1-6,9-12H,7-8H2,(H,21,24)(H,22,25). The fraction of sp³-hybridized carbons (Fsp3) is 0.105. The van der Waals surface area contributed by atoms with E-state index in [1.54, 1.807) is 29.5 Å². The van der Waals surface area contributed by atoms with Crippen LogP contribution < -0.4 is 10.6 Å². The van der Waals surface area contributed by atoms with Gasteiger partial charge < -0.3 is 10.6 Å². The summed E-state index contributed by atoms with van der Waals surface area (Å²) in [4.78, 5) is 28.1. The van der Waals surface area contributed by atoms with Crippen LogP contribution in [0.5, 0.6) is 0 Å². The van der Waals surface area contributed by atoms with Crippen LogP contribution in [0.1, 0.15) is 20.7 Å². The first kappa shape index (κ1) is 18.1. The Balaban J connectivity index is 1.49. The van der Waals surface area contributed by atoms with Crippen LogP contribution in [0.3, 0.4) is 0 Å². The van der Waals surface area contributed by atoms with E-state index in [-0.39, 0.29) is 11.8 Å². The highest BCUT2D eigenvalue weighted by atomic mass is 35.5. The molecule has 3 rings (SSSR count). The number of amides is 2. The molecule has 0 spiro atoms. The lowest BCUT2D eigenvalue weighted by Gasteiger charge is -2.08. The molecule has 0 radical (unpaired) electrons. The minimum atomic E-state index is -0.261. The summed E-state index contributed by atoms with van der Waals surface area (Å²) in [6, 6.07) is 12.6. The molecule has 0 fully saturated rings. The minimum Gasteiger partial charge on any atom is -0.350 e. The lowest BCUT2D eigenvalue weighted by atomic mass is 10.1. The number of hydrogen-bond acceptors (Lipinski definition) is 4. The second-order valence-electron chi connectivity index (χ2n) is 5.47. The maximum absolute atomic E-state index is 12.3. The zero-order valence-electron chi connectivity index (χ0n) is 13.7. The first-order chi connectivity index (χ1) is 12.6. The Kier molecular flexibility index (Phi) is 5.99. The molecule has 0 aliphatic rings. The zero-order chi connectivity index (χ0) is 18.4. The second kappa shape index (κ2) is 8.60. The molecular formula is C19H16ClN3O2S. The Bertz CT molecular complexity index is 895. The SMILES string of the molecule is O=C(NCCNC(=O)c1cccc(-c2ccsc2)c1)c1ccc(Cl)nc1. The van der Waals surface area contributed by atoms with Gasteiger partial charge in [0.2, 0.25) is 0 Å². The number of nitrogens with one attached hydrogen (secondary N) is 2. The van der Waals surface area contributed by atoms with Gasteiger partial charge in [-0.1, -0.05) is 23.7 Å². The largest absolute Gasteiger partial charge is 0.350 e. The summed E-state index contributed by atoms with van der Waals surface area (Å²) < 4.78 is 0. The van der Waals surface area contributed by atoms with Crippen molar-refractivity contribution in [1.29, 1.82) is 0 Å². The van der Waals surface area contributed by atoms with Crippen molar-refractivity contribution < 1.29 is 9.59 Å². The Hall–Kier alpha value is -2.70. The first-order valence-corrected chi connectivity index (χ1v) is 9.26. The molecule has 0 saturated carbocycles. The van der Waals surface area contributed by atoms with Gasteiger partial charge in [-0.3, -0.25) is 9.59 Å². The molecular weight excluding hydrogens is 370 g/mol. The van der Waals surface area contributed by atoms with Crippen molar-refractivity contribution in [3.63, 3.8) is 0 Å². The van der Waals surface area contributed by atoms with Crippen molar-refractivity contribution >= 4 is 34.8 Å². The summed E-state index contributed by atoms with van der Waals surface area (Å²) >= 11 is 7.30. The van der Waals surface area contributed by atoms with Gasteiger partial charge in [0.25, 0.3) is 11.8 Å². The molecule has 0 saturated heterocycles. The maximum atomic E-state index is 12.3. The number of carbonyl (C=O) groups is 2. The van der Waals surface area contributed by atoms with E-state index in [0.717, 1.165) is 11.1 Å². The van der Waals surface area contributed by atoms with E-state index in [1.165, 1.54) is 6.20 Å². The van der Waals surface area contributed by atoms with Gasteiger partial charge in [-0.15, -0.1) is 0 Å². The summed E-state index contributed by atoms with van der Waals surface area (Å²) in [5, 5.41) is 9.90. The third-order valence-electron chi connectivity index (χ3n) is 3.66. The Labute approximate surface area is 160 Å². The van der Waals surface area contributed by atoms with Crippen LogP contribution >= 0.6 is 22.9 Å². The monoisotopic (exact) mass is 385 g/mol. The predicted octanol–water partition coefficient (Wildman–Crippen LogP) is 3.62. The van der Waals surface area contributed by atoms with E-state index >= 15 is 0 Å². The van der Waals surface area contributed by atoms with Crippen LogP contribution in [0.2, 0.25) is 5.15 Å². The number of benzene rings is 1. The highest BCUT2D eigenvalue weighted by Crippen LogP contribution is 2.22. The fourth-order valence-electron chi connectivity index (χ4n) is 2.34. The molecule has 0 bridgehead atoms. The van der Waals surface area contributed by atoms with Crippen molar-refractivity contribution in [3.05, 3.63) is 75.7 Å². The molecule has 3 aromatic rings. The topological polar surface area (TPSA) is 71.1 Å². The predicted molar refractivity (Wildman–Crippen MR) is 104 cm³/mol. The van der Waals surface area contributed by atoms with Crippen molar-refractivity contribution in [1.82, 2.24) is 15.6 Å². The first-order valence-electron chi connectivity index (χ1n) is 7.94. The molecule has 0 aliphatic heterocycles. The Morgan fingerprint density at radius 1 is 0.962 bits per heavy atom. The van der Waals surface area contributed by atoms with Crippen LogP contribution in [-0.4, -0.2) is 29.9 Å². The molecule has 7 heteroatoms. The summed E-state index contributed by atoms with van der Waals surface area (Å²) in [5.41, 5.74) is 3.10. The maximum Gasteiger partial charge on any atom is 0.252 e. The summed E-state index contributed by atoms with van der Waals surface area (Å²) in [7, 11) is 0. The molecule has 2 amide bonds. The number of nitrogens with zero attached hydrogens (tertiary/aromatic N) is 1. The highest BCUT2D eigenvalue weighted by molar-refractivity contribution is 7.08. The molecule has 0 atom stereocenters. The van der Waals surface area contributed by atoms with Gasteiger partial charge in [-0.25, -0.2) is 4.98 Å². The van der Waals surface area contributed by atoms with E-state index in [9.17, 15) is 9.59 Å². The number of thiophene rings is 1. The summed E-state index contributed by atoms with van der Waals surface area (Å²) in [5.74, 6) is -0.438. The molecule has 0 aliphatic carbocycles. The average molecular weight is 386 g/mol. The van der Waals surface area contributed by atoms with Gasteiger partial charge in [0.05, 0.1) is 5.56 Å². The highest BCUT2D eigenvalue weighted by Gasteiger charge is 2.08. The number of pyridine rings is 1.